The number of thiazole rings is 1. The van der Waals surface area contributed by atoms with Gasteiger partial charge in [-0.05, 0) is 19.1 Å². The smallest absolute Gasteiger partial charge is 0.404 e. The van der Waals surface area contributed by atoms with Gasteiger partial charge in [0.2, 0.25) is 0 Å². The van der Waals surface area contributed by atoms with Crippen LogP contribution in [-0.2, 0) is 0 Å². The molecule has 5 nitrogen and oxygen atoms in total. The van der Waals surface area contributed by atoms with E-state index in [1.165, 1.54) is 29.5 Å². The van der Waals surface area contributed by atoms with Crippen LogP contribution in [0.25, 0.3) is 0 Å². The highest BCUT2D eigenvalue weighted by molar-refractivity contribution is 14.0. The van der Waals surface area contributed by atoms with Crippen molar-refractivity contribution in [3.8, 4) is 5.75 Å². The Bertz CT molecular complexity index is 721. The molecular formula is C15H18F3IN4OS. The Hall–Kier alpha value is -1.56. The maximum Gasteiger partial charge on any atom is 0.573 e. The predicted octanol–water partition coefficient (Wildman–Crippen LogP) is 4.50. The molecule has 0 spiro atoms. The van der Waals surface area contributed by atoms with Crippen molar-refractivity contribution in [1.29, 1.82) is 0 Å². The zero-order chi connectivity index (χ0) is 17.7. The second kappa shape index (κ2) is 9.22. The lowest BCUT2D eigenvalue weighted by Gasteiger charge is -2.14. The summed E-state index contributed by atoms with van der Waals surface area (Å²) in [4.78, 5) is 8.53. The van der Waals surface area contributed by atoms with E-state index in [0.29, 0.717) is 6.54 Å². The Labute approximate surface area is 164 Å². The monoisotopic (exact) mass is 486 g/mol. The van der Waals surface area contributed by atoms with Gasteiger partial charge in [-0.15, -0.1) is 48.5 Å². The van der Waals surface area contributed by atoms with Gasteiger partial charge in [-0.2, -0.15) is 0 Å². The van der Waals surface area contributed by atoms with E-state index in [2.05, 4.69) is 20.0 Å². The molecule has 1 aromatic heterocycles. The van der Waals surface area contributed by atoms with E-state index in [1.807, 2.05) is 19.2 Å². The Morgan fingerprint density at radius 2 is 2.08 bits per heavy atom. The van der Waals surface area contributed by atoms with Crippen LogP contribution in [0.15, 0.2) is 34.6 Å². The number of nitrogens with one attached hydrogen (secondary N) is 1. The minimum atomic E-state index is -4.78. The van der Waals surface area contributed by atoms with Crippen molar-refractivity contribution in [1.82, 2.24) is 4.98 Å². The molecule has 10 heteroatoms. The minimum Gasteiger partial charge on any atom is -0.404 e. The summed E-state index contributed by atoms with van der Waals surface area (Å²) < 4.78 is 41.1. The van der Waals surface area contributed by atoms with Crippen LogP contribution < -0.4 is 15.8 Å². The van der Waals surface area contributed by atoms with E-state index in [0.717, 1.165) is 10.7 Å². The van der Waals surface area contributed by atoms with Crippen LogP contribution in [-0.4, -0.2) is 23.9 Å². The van der Waals surface area contributed by atoms with E-state index in [-0.39, 0.29) is 47.3 Å². The molecule has 0 aliphatic rings. The van der Waals surface area contributed by atoms with Crippen LogP contribution in [0.2, 0.25) is 0 Å². The number of ether oxygens (including phenoxy) is 1. The number of hydrogen-bond acceptors (Lipinski definition) is 4. The van der Waals surface area contributed by atoms with Crippen LogP contribution in [0.4, 0.5) is 18.9 Å². The van der Waals surface area contributed by atoms with E-state index >= 15 is 0 Å². The van der Waals surface area contributed by atoms with Crippen molar-refractivity contribution >= 4 is 47.0 Å². The Balaban J connectivity index is 0.00000312. The molecule has 0 fully saturated rings. The van der Waals surface area contributed by atoms with Crippen LogP contribution >= 0.6 is 35.3 Å². The number of anilines is 1. The molecule has 1 aromatic carbocycles. The van der Waals surface area contributed by atoms with Crippen molar-refractivity contribution in [2.75, 3.05) is 11.9 Å². The number of alkyl halides is 3. The molecule has 0 bridgehead atoms. The lowest BCUT2D eigenvalue weighted by molar-refractivity contribution is -0.274. The predicted molar refractivity (Wildman–Crippen MR) is 104 cm³/mol. The first-order chi connectivity index (χ1) is 11.2. The molecule has 0 saturated carbocycles. The van der Waals surface area contributed by atoms with Gasteiger partial charge in [0.25, 0.3) is 0 Å². The summed E-state index contributed by atoms with van der Waals surface area (Å²) in [6.45, 7) is 4.23. The molecule has 0 aliphatic carbocycles. The van der Waals surface area contributed by atoms with Gasteiger partial charge in [-0.1, -0.05) is 19.1 Å². The van der Waals surface area contributed by atoms with Crippen molar-refractivity contribution in [3.05, 3.63) is 40.3 Å². The largest absolute Gasteiger partial charge is 0.573 e. The van der Waals surface area contributed by atoms with Gasteiger partial charge in [0.1, 0.15) is 0 Å². The molecule has 1 atom stereocenters. The molecule has 2 aromatic rings. The first-order valence-electron chi connectivity index (χ1n) is 7.08. The number of nitrogens with zero attached hydrogens (tertiary/aromatic N) is 2. The number of aliphatic imine (C=N–C) groups is 1. The van der Waals surface area contributed by atoms with E-state index in [9.17, 15) is 13.2 Å². The molecule has 138 valence electrons. The highest BCUT2D eigenvalue weighted by Crippen LogP contribution is 2.29. The fourth-order valence-corrected chi connectivity index (χ4v) is 2.72. The highest BCUT2D eigenvalue weighted by Gasteiger charge is 2.32. The molecule has 2 rings (SSSR count). The molecule has 1 unspecified atom stereocenters. The van der Waals surface area contributed by atoms with Crippen LogP contribution in [0, 0.1) is 6.92 Å². The number of hydrogen-bond donors (Lipinski definition) is 2. The third-order valence-corrected chi connectivity index (χ3v) is 4.16. The van der Waals surface area contributed by atoms with Gasteiger partial charge < -0.3 is 15.8 Å². The molecule has 0 amide bonds. The summed E-state index contributed by atoms with van der Waals surface area (Å²) in [6.07, 6.45) is -4.78. The first kappa shape index (κ1) is 21.5. The van der Waals surface area contributed by atoms with Gasteiger partial charge >= 0.3 is 6.36 Å². The third kappa shape index (κ3) is 7.06. The zero-order valence-corrected chi connectivity index (χ0v) is 16.6. The molecule has 0 aliphatic heterocycles. The second-order valence-corrected chi connectivity index (χ2v) is 6.01. The summed E-state index contributed by atoms with van der Waals surface area (Å²) in [5.74, 6) is -0.300. The average molecular weight is 486 g/mol. The number of benzene rings is 1. The average Bonchev–Trinajstić information content (AvgIpc) is 2.92. The summed E-state index contributed by atoms with van der Waals surface area (Å²) in [6, 6.07) is 5.63. The lowest BCUT2D eigenvalue weighted by atomic mass is 10.2. The van der Waals surface area contributed by atoms with Crippen LogP contribution in [0.5, 0.6) is 5.75 Å². The van der Waals surface area contributed by atoms with Gasteiger partial charge in [0.05, 0.1) is 17.2 Å². The number of aryl methyl sites for hydroxylation is 1. The summed E-state index contributed by atoms with van der Waals surface area (Å²) in [5.41, 5.74) is 6.79. The summed E-state index contributed by atoms with van der Waals surface area (Å²) in [5, 5.41) is 5.51. The maximum absolute atomic E-state index is 12.4. The molecular weight excluding hydrogens is 468 g/mol. The fourth-order valence-electron chi connectivity index (χ4n) is 1.87. The van der Waals surface area contributed by atoms with Gasteiger partial charge in [-0.25, -0.2) is 4.98 Å². The summed E-state index contributed by atoms with van der Waals surface area (Å²) in [7, 11) is 0. The lowest BCUT2D eigenvalue weighted by Crippen LogP contribution is -2.25. The number of nitrogens with two attached hydrogens (primary N) is 1. The van der Waals surface area contributed by atoms with Crippen molar-refractivity contribution in [2.45, 2.75) is 26.1 Å². The van der Waals surface area contributed by atoms with Gasteiger partial charge in [0.15, 0.2) is 11.7 Å². The molecule has 25 heavy (non-hydrogen) atoms. The third-order valence-electron chi connectivity index (χ3n) is 2.97. The van der Waals surface area contributed by atoms with Gasteiger partial charge in [0, 0.05) is 17.0 Å². The Morgan fingerprint density at radius 1 is 1.40 bits per heavy atom. The standard InChI is InChI=1S/C15H17F3N4OS.HI/c1-9(13-21-10(2)8-24-13)7-20-14(19)22-11-5-3-4-6-12(11)23-15(16,17)18;/h3-6,8-9H,7H2,1-2H3,(H3,19,20,22);1H. The quantitative estimate of drug-likeness (QED) is 0.371. The SMILES string of the molecule is Cc1csc(C(C)CN=C(N)Nc2ccccc2OC(F)(F)F)n1.I. The number of aromatic nitrogens is 1. The number of para-hydroxylation sites is 2. The normalized spacial score (nSPS) is 13.1. The van der Waals surface area contributed by atoms with Crippen molar-refractivity contribution in [3.63, 3.8) is 0 Å². The molecule has 3 N–H and O–H groups in total. The highest BCUT2D eigenvalue weighted by atomic mass is 127. The molecule has 0 saturated heterocycles. The van der Waals surface area contributed by atoms with Crippen molar-refractivity contribution in [2.24, 2.45) is 10.7 Å². The summed E-state index contributed by atoms with van der Waals surface area (Å²) >= 11 is 1.54. The first-order valence-corrected chi connectivity index (χ1v) is 7.96. The number of rotatable bonds is 5. The second-order valence-electron chi connectivity index (χ2n) is 5.12. The topological polar surface area (TPSA) is 72.5 Å². The van der Waals surface area contributed by atoms with Gasteiger partial charge in [-0.3, -0.25) is 4.99 Å². The van der Waals surface area contributed by atoms with Crippen molar-refractivity contribution < 1.29 is 17.9 Å². The minimum absolute atomic E-state index is 0. The van der Waals surface area contributed by atoms with E-state index < -0.39 is 6.36 Å². The van der Waals surface area contributed by atoms with E-state index in [4.69, 9.17) is 5.73 Å². The zero-order valence-electron chi connectivity index (χ0n) is 13.5. The van der Waals surface area contributed by atoms with Crippen LogP contribution in [0.1, 0.15) is 23.5 Å². The molecule has 1 heterocycles. The Morgan fingerprint density at radius 3 is 2.68 bits per heavy atom. The number of guanidine groups is 1. The number of halogens is 4. The molecule has 0 radical (unpaired) electrons. The van der Waals surface area contributed by atoms with Crippen LogP contribution in [0.3, 0.4) is 0 Å². The van der Waals surface area contributed by atoms with E-state index in [1.54, 1.807) is 6.07 Å². The maximum atomic E-state index is 12.4. The Kier molecular flexibility index (Phi) is 7.93. The fraction of sp³-hybridized carbons (Fsp3) is 0.333.